The molecule has 0 saturated heterocycles. The summed E-state index contributed by atoms with van der Waals surface area (Å²) >= 11 is 11.8. The highest BCUT2D eigenvalue weighted by molar-refractivity contribution is 6.34. The van der Waals surface area contributed by atoms with Crippen LogP contribution in [0.25, 0.3) is 5.69 Å². The number of hydrogen-bond acceptors (Lipinski definition) is 3. The number of carboxylic acid groups (broad SMARTS) is 1. The van der Waals surface area contributed by atoms with Crippen LogP contribution in [0.2, 0.25) is 10.0 Å². The maximum absolute atomic E-state index is 10.8. The summed E-state index contributed by atoms with van der Waals surface area (Å²) in [4.78, 5) is 10.8. The second-order valence-electron chi connectivity index (χ2n) is 3.34. The van der Waals surface area contributed by atoms with Crippen molar-refractivity contribution in [2.24, 2.45) is 0 Å². The number of nitrogens with zero attached hydrogens (tertiary/aromatic N) is 3. The van der Waals surface area contributed by atoms with Gasteiger partial charge in [0.2, 0.25) is 0 Å². The van der Waals surface area contributed by atoms with Crippen LogP contribution in [0.3, 0.4) is 0 Å². The third-order valence-electron chi connectivity index (χ3n) is 2.23. The monoisotopic (exact) mass is 271 g/mol. The quantitative estimate of drug-likeness (QED) is 0.912. The van der Waals surface area contributed by atoms with Crippen LogP contribution in [0.15, 0.2) is 18.2 Å². The van der Waals surface area contributed by atoms with Gasteiger partial charge < -0.3 is 5.11 Å². The lowest BCUT2D eigenvalue weighted by atomic mass is 10.3. The van der Waals surface area contributed by atoms with Crippen LogP contribution >= 0.6 is 23.2 Å². The van der Waals surface area contributed by atoms with Crippen molar-refractivity contribution in [1.82, 2.24) is 15.0 Å². The number of aromatic nitrogens is 3. The molecule has 0 aliphatic heterocycles. The van der Waals surface area contributed by atoms with Crippen LogP contribution in [0, 0.1) is 6.92 Å². The number of aromatic carboxylic acids is 1. The molecule has 7 heteroatoms. The van der Waals surface area contributed by atoms with E-state index in [4.69, 9.17) is 28.3 Å². The van der Waals surface area contributed by atoms with Gasteiger partial charge in [-0.25, -0.2) is 9.48 Å². The fourth-order valence-corrected chi connectivity index (χ4v) is 1.77. The van der Waals surface area contributed by atoms with Crippen LogP contribution < -0.4 is 0 Å². The molecule has 1 N–H and O–H groups in total. The number of rotatable bonds is 2. The molecule has 2 aromatic rings. The number of carbonyl (C=O) groups is 1. The summed E-state index contributed by atoms with van der Waals surface area (Å²) in [6.45, 7) is 1.60. The Hall–Kier alpha value is -1.59. The Morgan fingerprint density at radius 2 is 2.12 bits per heavy atom. The Morgan fingerprint density at radius 1 is 1.41 bits per heavy atom. The summed E-state index contributed by atoms with van der Waals surface area (Å²) in [6, 6.07) is 4.84. The summed E-state index contributed by atoms with van der Waals surface area (Å²) in [5.41, 5.74) is 0.777. The lowest BCUT2D eigenvalue weighted by molar-refractivity contribution is 0.0689. The molecule has 1 aromatic carbocycles. The smallest absolute Gasteiger partial charge is 0.358 e. The van der Waals surface area contributed by atoms with E-state index in [2.05, 4.69) is 10.3 Å². The van der Waals surface area contributed by atoms with Crippen LogP contribution in [0.5, 0.6) is 0 Å². The first-order valence-corrected chi connectivity index (χ1v) is 5.37. The maximum Gasteiger partial charge on any atom is 0.358 e. The van der Waals surface area contributed by atoms with Crippen LogP contribution in [0.1, 0.15) is 16.2 Å². The largest absolute Gasteiger partial charge is 0.476 e. The Morgan fingerprint density at radius 3 is 2.71 bits per heavy atom. The summed E-state index contributed by atoms with van der Waals surface area (Å²) in [6.07, 6.45) is 0. The van der Waals surface area contributed by atoms with Gasteiger partial charge >= 0.3 is 5.97 Å². The molecule has 1 aromatic heterocycles. The molecule has 17 heavy (non-hydrogen) atoms. The van der Waals surface area contributed by atoms with Crippen molar-refractivity contribution in [1.29, 1.82) is 0 Å². The van der Waals surface area contributed by atoms with E-state index >= 15 is 0 Å². The van der Waals surface area contributed by atoms with E-state index in [1.807, 2.05) is 0 Å². The molecule has 0 radical (unpaired) electrons. The Balaban J connectivity index is 2.61. The van der Waals surface area contributed by atoms with E-state index in [9.17, 15) is 4.79 Å². The first kappa shape index (κ1) is 11.9. The van der Waals surface area contributed by atoms with Gasteiger partial charge in [0.15, 0.2) is 5.69 Å². The highest BCUT2D eigenvalue weighted by Gasteiger charge is 2.17. The second kappa shape index (κ2) is 4.35. The van der Waals surface area contributed by atoms with E-state index < -0.39 is 5.97 Å². The van der Waals surface area contributed by atoms with Crippen LogP contribution in [0.4, 0.5) is 0 Å². The van der Waals surface area contributed by atoms with Gasteiger partial charge in [0.1, 0.15) is 0 Å². The molecule has 5 nitrogen and oxygen atoms in total. The van der Waals surface area contributed by atoms with E-state index in [1.165, 1.54) is 4.68 Å². The van der Waals surface area contributed by atoms with Crippen molar-refractivity contribution >= 4 is 29.2 Å². The highest BCUT2D eigenvalue weighted by Crippen LogP contribution is 2.25. The third-order valence-corrected chi connectivity index (χ3v) is 2.79. The highest BCUT2D eigenvalue weighted by atomic mass is 35.5. The molecule has 0 saturated carbocycles. The average molecular weight is 272 g/mol. The van der Waals surface area contributed by atoms with Crippen molar-refractivity contribution in [3.8, 4) is 5.69 Å². The van der Waals surface area contributed by atoms with Gasteiger partial charge in [-0.05, 0) is 25.1 Å². The summed E-state index contributed by atoms with van der Waals surface area (Å²) in [5.74, 6) is -1.13. The van der Waals surface area contributed by atoms with Crippen molar-refractivity contribution in [2.45, 2.75) is 6.92 Å². The molecule has 0 fully saturated rings. The van der Waals surface area contributed by atoms with Gasteiger partial charge in [0, 0.05) is 5.02 Å². The minimum Gasteiger partial charge on any atom is -0.476 e. The minimum absolute atomic E-state index is 0.110. The Labute approximate surface area is 107 Å². The Bertz CT molecular complexity index is 595. The van der Waals surface area contributed by atoms with Crippen molar-refractivity contribution < 1.29 is 9.90 Å². The third kappa shape index (κ3) is 2.11. The fourth-order valence-electron chi connectivity index (χ4n) is 1.40. The fraction of sp³-hybridized carbons (Fsp3) is 0.100. The summed E-state index contributed by atoms with van der Waals surface area (Å²) < 4.78 is 1.34. The number of benzene rings is 1. The topological polar surface area (TPSA) is 68.0 Å². The van der Waals surface area contributed by atoms with Crippen molar-refractivity contribution in [2.75, 3.05) is 0 Å². The molecule has 0 aliphatic carbocycles. The molecule has 0 atom stereocenters. The van der Waals surface area contributed by atoms with Gasteiger partial charge in [-0.1, -0.05) is 28.4 Å². The van der Waals surface area contributed by atoms with Gasteiger partial charge in [-0.3, -0.25) is 0 Å². The number of halogens is 2. The van der Waals surface area contributed by atoms with Gasteiger partial charge in [-0.15, -0.1) is 5.10 Å². The molecule has 0 unspecified atom stereocenters. The predicted octanol–water partition coefficient (Wildman–Crippen LogP) is 2.58. The molecular weight excluding hydrogens is 265 g/mol. The zero-order valence-corrected chi connectivity index (χ0v) is 10.2. The summed E-state index contributed by atoms with van der Waals surface area (Å²) in [7, 11) is 0. The summed E-state index contributed by atoms with van der Waals surface area (Å²) in [5, 5.41) is 17.1. The van der Waals surface area contributed by atoms with Gasteiger partial charge in [0.05, 0.1) is 16.4 Å². The molecule has 88 valence electrons. The van der Waals surface area contributed by atoms with Crippen LogP contribution in [-0.4, -0.2) is 26.1 Å². The zero-order chi connectivity index (χ0) is 12.6. The van der Waals surface area contributed by atoms with E-state index in [-0.39, 0.29) is 5.69 Å². The molecule has 0 spiro atoms. The van der Waals surface area contributed by atoms with E-state index in [0.29, 0.717) is 21.4 Å². The van der Waals surface area contributed by atoms with Gasteiger partial charge in [-0.2, -0.15) is 0 Å². The Kier molecular flexibility index (Phi) is 3.04. The molecule has 1 heterocycles. The molecule has 0 bridgehead atoms. The molecular formula is C10H7Cl2N3O2. The number of hydrogen-bond donors (Lipinski definition) is 1. The minimum atomic E-state index is -1.13. The van der Waals surface area contributed by atoms with Gasteiger partial charge in [0.25, 0.3) is 0 Å². The standard InChI is InChI=1S/C10H7Cl2N3O2/c1-5-9(10(16)17)13-14-15(5)8-4-6(11)2-3-7(8)12/h2-4H,1H3,(H,16,17). The van der Waals surface area contributed by atoms with Crippen LogP contribution in [-0.2, 0) is 0 Å². The van der Waals surface area contributed by atoms with E-state index in [0.717, 1.165) is 0 Å². The first-order valence-electron chi connectivity index (χ1n) is 4.61. The maximum atomic E-state index is 10.8. The van der Waals surface area contributed by atoms with Crippen molar-refractivity contribution in [3.63, 3.8) is 0 Å². The SMILES string of the molecule is Cc1c(C(=O)O)nnn1-c1cc(Cl)ccc1Cl. The normalized spacial score (nSPS) is 10.5. The lowest BCUT2D eigenvalue weighted by Crippen LogP contribution is -2.03. The molecule has 0 amide bonds. The molecule has 2 rings (SSSR count). The zero-order valence-electron chi connectivity index (χ0n) is 8.69. The number of carboxylic acids is 1. The molecule has 0 aliphatic rings. The van der Waals surface area contributed by atoms with E-state index in [1.54, 1.807) is 25.1 Å². The lowest BCUT2D eigenvalue weighted by Gasteiger charge is -2.05. The second-order valence-corrected chi connectivity index (χ2v) is 4.18. The average Bonchev–Trinajstić information content (AvgIpc) is 2.64. The predicted molar refractivity (Wildman–Crippen MR) is 63.1 cm³/mol. The first-order chi connectivity index (χ1) is 8.00. The van der Waals surface area contributed by atoms with Crippen molar-refractivity contribution in [3.05, 3.63) is 39.6 Å².